The Labute approximate surface area is 88.9 Å². The number of aliphatic hydroxyl groups excluding tert-OH is 1. The van der Waals surface area contributed by atoms with Gasteiger partial charge in [-0.2, -0.15) is 0 Å². The highest BCUT2D eigenvalue weighted by Crippen LogP contribution is 2.46. The molecular formula is C13H26O. The average Bonchev–Trinajstić information content (AvgIpc) is 2.16. The van der Waals surface area contributed by atoms with E-state index in [1.807, 2.05) is 6.92 Å². The summed E-state index contributed by atoms with van der Waals surface area (Å²) < 4.78 is 0. The van der Waals surface area contributed by atoms with Crippen LogP contribution in [0.25, 0.3) is 0 Å². The van der Waals surface area contributed by atoms with Crippen LogP contribution in [0.2, 0.25) is 0 Å². The topological polar surface area (TPSA) is 20.2 Å². The predicted octanol–water partition coefficient (Wildman–Crippen LogP) is 3.47. The molecular weight excluding hydrogens is 172 g/mol. The fourth-order valence-corrected chi connectivity index (χ4v) is 2.88. The molecule has 0 heterocycles. The van der Waals surface area contributed by atoms with E-state index < -0.39 is 0 Å². The molecule has 1 aliphatic carbocycles. The van der Waals surface area contributed by atoms with E-state index in [0.717, 1.165) is 30.1 Å². The maximum atomic E-state index is 9.29. The number of aliphatic hydroxyl groups is 1. The fourth-order valence-electron chi connectivity index (χ4n) is 2.88. The van der Waals surface area contributed by atoms with Gasteiger partial charge >= 0.3 is 0 Å². The highest BCUT2D eigenvalue weighted by atomic mass is 16.3. The van der Waals surface area contributed by atoms with Gasteiger partial charge in [0.1, 0.15) is 0 Å². The van der Waals surface area contributed by atoms with Crippen molar-refractivity contribution in [1.82, 2.24) is 0 Å². The van der Waals surface area contributed by atoms with E-state index >= 15 is 0 Å². The van der Waals surface area contributed by atoms with Gasteiger partial charge in [-0.1, -0.05) is 27.2 Å². The third-order valence-electron chi connectivity index (χ3n) is 4.30. The molecule has 1 saturated carbocycles. The third-order valence-corrected chi connectivity index (χ3v) is 4.30. The molecule has 0 aromatic heterocycles. The maximum absolute atomic E-state index is 9.29. The molecule has 1 heteroatoms. The highest BCUT2D eigenvalue weighted by molar-refractivity contribution is 4.87. The Kier molecular flexibility index (Phi) is 4.43. The molecule has 1 rings (SSSR count). The first-order chi connectivity index (χ1) is 6.56. The van der Waals surface area contributed by atoms with Crippen LogP contribution >= 0.6 is 0 Å². The molecule has 0 aliphatic heterocycles. The monoisotopic (exact) mass is 198 g/mol. The standard InChI is InChI=1S/C13H26O/c1-5-12(7-6-10(3)14)13-8-9(2)11(13)4/h9-14H,5-8H2,1-4H3. The summed E-state index contributed by atoms with van der Waals surface area (Å²) in [5.41, 5.74) is 0. The molecule has 0 amide bonds. The summed E-state index contributed by atoms with van der Waals surface area (Å²) in [5.74, 6) is 3.64. The van der Waals surface area contributed by atoms with E-state index in [2.05, 4.69) is 20.8 Å². The number of rotatable bonds is 5. The lowest BCUT2D eigenvalue weighted by molar-refractivity contribution is 0.0356. The van der Waals surface area contributed by atoms with E-state index in [1.165, 1.54) is 19.3 Å². The molecule has 1 N–H and O–H groups in total. The van der Waals surface area contributed by atoms with Crippen molar-refractivity contribution in [3.8, 4) is 0 Å². The molecule has 1 fully saturated rings. The quantitative estimate of drug-likeness (QED) is 0.717. The SMILES string of the molecule is CCC(CCC(C)O)C1CC(C)C1C. The Morgan fingerprint density at radius 2 is 1.93 bits per heavy atom. The zero-order chi connectivity index (χ0) is 10.7. The summed E-state index contributed by atoms with van der Waals surface area (Å²) in [5, 5.41) is 9.29. The fraction of sp³-hybridized carbons (Fsp3) is 1.00. The van der Waals surface area contributed by atoms with Crippen LogP contribution in [0.3, 0.4) is 0 Å². The van der Waals surface area contributed by atoms with Crippen molar-refractivity contribution in [2.24, 2.45) is 23.7 Å². The van der Waals surface area contributed by atoms with E-state index in [4.69, 9.17) is 0 Å². The van der Waals surface area contributed by atoms with Crippen LogP contribution in [0.5, 0.6) is 0 Å². The van der Waals surface area contributed by atoms with Crippen LogP contribution in [0.4, 0.5) is 0 Å². The second kappa shape index (κ2) is 5.16. The predicted molar refractivity (Wildman–Crippen MR) is 61.1 cm³/mol. The first-order valence-corrected chi connectivity index (χ1v) is 6.24. The maximum Gasteiger partial charge on any atom is 0.0512 e. The molecule has 84 valence electrons. The van der Waals surface area contributed by atoms with Gasteiger partial charge in [0.25, 0.3) is 0 Å². The Bertz CT molecular complexity index is 165. The number of hydrogen-bond acceptors (Lipinski definition) is 1. The van der Waals surface area contributed by atoms with Gasteiger partial charge in [0.2, 0.25) is 0 Å². The smallest absolute Gasteiger partial charge is 0.0512 e. The highest BCUT2D eigenvalue weighted by Gasteiger charge is 2.38. The van der Waals surface area contributed by atoms with Crippen molar-refractivity contribution in [3.05, 3.63) is 0 Å². The second-order valence-corrected chi connectivity index (χ2v) is 5.33. The van der Waals surface area contributed by atoms with E-state index in [-0.39, 0.29) is 6.10 Å². The molecule has 0 aromatic carbocycles. The lowest BCUT2D eigenvalue weighted by atomic mass is 9.60. The minimum absolute atomic E-state index is 0.114. The summed E-state index contributed by atoms with van der Waals surface area (Å²) in [6, 6.07) is 0. The van der Waals surface area contributed by atoms with Crippen molar-refractivity contribution in [2.75, 3.05) is 0 Å². The normalized spacial score (nSPS) is 36.2. The van der Waals surface area contributed by atoms with Crippen LogP contribution in [0.1, 0.15) is 53.4 Å². The molecule has 5 unspecified atom stereocenters. The van der Waals surface area contributed by atoms with Gasteiger partial charge in [-0.3, -0.25) is 0 Å². The first kappa shape index (κ1) is 12.0. The molecule has 14 heavy (non-hydrogen) atoms. The Balaban J connectivity index is 2.32. The largest absolute Gasteiger partial charge is 0.393 e. The first-order valence-electron chi connectivity index (χ1n) is 6.24. The molecule has 0 saturated heterocycles. The van der Waals surface area contributed by atoms with Crippen LogP contribution in [0, 0.1) is 23.7 Å². The minimum Gasteiger partial charge on any atom is -0.393 e. The molecule has 5 atom stereocenters. The van der Waals surface area contributed by atoms with E-state index in [9.17, 15) is 5.11 Å². The minimum atomic E-state index is -0.114. The molecule has 0 bridgehead atoms. The van der Waals surface area contributed by atoms with Crippen molar-refractivity contribution >= 4 is 0 Å². The van der Waals surface area contributed by atoms with Crippen molar-refractivity contribution in [2.45, 2.75) is 59.5 Å². The van der Waals surface area contributed by atoms with Crippen LogP contribution < -0.4 is 0 Å². The van der Waals surface area contributed by atoms with Gasteiger partial charge < -0.3 is 5.11 Å². The van der Waals surface area contributed by atoms with Gasteiger partial charge in [-0.05, 0) is 49.9 Å². The Hall–Kier alpha value is -0.0400. The Morgan fingerprint density at radius 1 is 1.29 bits per heavy atom. The van der Waals surface area contributed by atoms with E-state index in [0.29, 0.717) is 0 Å². The Morgan fingerprint density at radius 3 is 2.29 bits per heavy atom. The van der Waals surface area contributed by atoms with E-state index in [1.54, 1.807) is 0 Å². The van der Waals surface area contributed by atoms with Gasteiger partial charge in [-0.15, -0.1) is 0 Å². The van der Waals surface area contributed by atoms with Crippen molar-refractivity contribution < 1.29 is 5.11 Å². The molecule has 0 aromatic rings. The summed E-state index contributed by atoms with van der Waals surface area (Å²) in [4.78, 5) is 0. The van der Waals surface area contributed by atoms with Crippen LogP contribution in [-0.4, -0.2) is 11.2 Å². The summed E-state index contributed by atoms with van der Waals surface area (Å²) in [6.45, 7) is 8.95. The van der Waals surface area contributed by atoms with Crippen LogP contribution in [-0.2, 0) is 0 Å². The third kappa shape index (κ3) is 2.73. The second-order valence-electron chi connectivity index (χ2n) is 5.33. The summed E-state index contributed by atoms with van der Waals surface area (Å²) >= 11 is 0. The van der Waals surface area contributed by atoms with Gasteiger partial charge in [-0.25, -0.2) is 0 Å². The molecule has 0 radical (unpaired) electrons. The summed E-state index contributed by atoms with van der Waals surface area (Å²) in [6.07, 6.45) is 4.79. The molecule has 1 aliphatic rings. The lowest BCUT2D eigenvalue weighted by Crippen LogP contribution is -2.37. The zero-order valence-corrected chi connectivity index (χ0v) is 10.2. The molecule has 1 nitrogen and oxygen atoms in total. The zero-order valence-electron chi connectivity index (χ0n) is 10.2. The van der Waals surface area contributed by atoms with Gasteiger partial charge in [0, 0.05) is 0 Å². The average molecular weight is 198 g/mol. The van der Waals surface area contributed by atoms with Crippen molar-refractivity contribution in [1.29, 1.82) is 0 Å². The lowest BCUT2D eigenvalue weighted by Gasteiger charge is -2.45. The molecule has 0 spiro atoms. The number of hydrogen-bond donors (Lipinski definition) is 1. The van der Waals surface area contributed by atoms with Gasteiger partial charge in [0.05, 0.1) is 6.10 Å². The van der Waals surface area contributed by atoms with Crippen LogP contribution in [0.15, 0.2) is 0 Å². The van der Waals surface area contributed by atoms with Gasteiger partial charge in [0.15, 0.2) is 0 Å². The van der Waals surface area contributed by atoms with Crippen molar-refractivity contribution in [3.63, 3.8) is 0 Å². The summed E-state index contributed by atoms with van der Waals surface area (Å²) in [7, 11) is 0.